The maximum atomic E-state index is 11.9. The van der Waals surface area contributed by atoms with Crippen LogP contribution >= 0.6 is 0 Å². The van der Waals surface area contributed by atoms with Crippen LogP contribution in [0.5, 0.6) is 0 Å². The highest BCUT2D eigenvalue weighted by atomic mass is 16.6. The van der Waals surface area contributed by atoms with Crippen LogP contribution in [0.15, 0.2) is 24.3 Å². The first-order chi connectivity index (χ1) is 8.66. The van der Waals surface area contributed by atoms with Crippen LogP contribution in [-0.4, -0.2) is 18.2 Å². The smallest absolute Gasteiger partial charge is 0.312 e. The van der Waals surface area contributed by atoms with Crippen LogP contribution in [0.25, 0.3) is 0 Å². The number of aliphatic carboxylic acids is 1. The minimum absolute atomic E-state index is 0.565. The quantitative estimate of drug-likeness (QED) is 0.800. The molecule has 0 unspecified atom stereocenters. The Morgan fingerprint density at radius 3 is 2.89 bits per heavy atom. The summed E-state index contributed by atoms with van der Waals surface area (Å²) in [6.45, 7) is 0. The third-order valence-corrected chi connectivity index (χ3v) is 4.63. The minimum Gasteiger partial charge on any atom is -0.481 e. The lowest BCUT2D eigenvalue weighted by atomic mass is 9.73. The summed E-state index contributed by atoms with van der Waals surface area (Å²) in [6, 6.07) is 7.99. The third-order valence-electron chi connectivity index (χ3n) is 4.63. The number of rotatable bonds is 3. The molecule has 3 rings (SSSR count). The molecule has 0 amide bonds. The molecule has 0 saturated heterocycles. The predicted molar refractivity (Wildman–Crippen MR) is 65.9 cm³/mol. The lowest BCUT2D eigenvalue weighted by Gasteiger charge is -2.37. The molecule has 0 bridgehead atoms. The molecule has 0 radical (unpaired) electrons. The summed E-state index contributed by atoms with van der Waals surface area (Å²) in [6.07, 6.45) is 3.02. The minimum atomic E-state index is -0.757. The fourth-order valence-electron chi connectivity index (χ4n) is 3.90. The number of carboxylic acids is 1. The average molecular weight is 247 g/mol. The van der Waals surface area contributed by atoms with Gasteiger partial charge in [-0.15, -0.1) is 0 Å². The van der Waals surface area contributed by atoms with Gasteiger partial charge >= 0.3 is 5.97 Å². The summed E-state index contributed by atoms with van der Waals surface area (Å²) in [4.78, 5) is 17.0. The van der Waals surface area contributed by atoms with Crippen molar-refractivity contribution in [1.82, 2.24) is 5.48 Å². The summed E-state index contributed by atoms with van der Waals surface area (Å²) in [5, 5.41) is 9.74. The molecule has 0 aromatic heterocycles. The van der Waals surface area contributed by atoms with Crippen molar-refractivity contribution in [1.29, 1.82) is 0 Å². The van der Waals surface area contributed by atoms with Crippen molar-refractivity contribution in [2.45, 2.75) is 31.2 Å². The summed E-state index contributed by atoms with van der Waals surface area (Å²) < 4.78 is 0. The maximum Gasteiger partial charge on any atom is 0.312 e. The molecule has 0 aliphatic heterocycles. The van der Waals surface area contributed by atoms with E-state index in [1.54, 1.807) is 7.11 Å². The summed E-state index contributed by atoms with van der Waals surface area (Å²) in [5.41, 5.74) is 3.91. The Hall–Kier alpha value is -1.39. The summed E-state index contributed by atoms with van der Waals surface area (Å²) in [7, 11) is 1.56. The van der Waals surface area contributed by atoms with Crippen molar-refractivity contribution >= 4 is 5.97 Å². The normalized spacial score (nSPS) is 33.2. The molecule has 0 spiro atoms. The van der Waals surface area contributed by atoms with Gasteiger partial charge in [-0.2, -0.15) is 5.48 Å². The Balaban J connectivity index is 2.21. The highest BCUT2D eigenvalue weighted by Gasteiger charge is 2.65. The number of hydrogen-bond acceptors (Lipinski definition) is 3. The standard InChI is InChI=1S/C14H17NO3/c1-18-15-14-8-4-7-13(14,12(16)17)9-10-5-2-3-6-11(10)14/h2-3,5-6,15H,4,7-9H2,1H3,(H,16,17)/t13-,14-/m0/s1. The zero-order valence-corrected chi connectivity index (χ0v) is 10.4. The Morgan fingerprint density at radius 2 is 2.17 bits per heavy atom. The van der Waals surface area contributed by atoms with Gasteiger partial charge in [-0.05, 0) is 36.8 Å². The predicted octanol–water partition coefficient (Wildman–Crippen LogP) is 1.84. The number of hydroxylamine groups is 1. The van der Waals surface area contributed by atoms with Crippen molar-refractivity contribution in [3.8, 4) is 0 Å². The van der Waals surface area contributed by atoms with Gasteiger partial charge in [0, 0.05) is 0 Å². The number of benzene rings is 1. The second-order valence-electron chi connectivity index (χ2n) is 5.29. The second kappa shape index (κ2) is 3.80. The highest BCUT2D eigenvalue weighted by molar-refractivity contribution is 5.80. The lowest BCUT2D eigenvalue weighted by Crippen LogP contribution is -2.53. The molecule has 96 valence electrons. The molecule has 4 nitrogen and oxygen atoms in total. The van der Waals surface area contributed by atoms with Crippen molar-refractivity contribution in [2.24, 2.45) is 5.41 Å². The van der Waals surface area contributed by atoms with Gasteiger partial charge in [0.2, 0.25) is 0 Å². The molecule has 4 heteroatoms. The van der Waals surface area contributed by atoms with Crippen molar-refractivity contribution in [3.63, 3.8) is 0 Å². The van der Waals surface area contributed by atoms with Gasteiger partial charge in [-0.3, -0.25) is 4.79 Å². The van der Waals surface area contributed by atoms with E-state index in [1.807, 2.05) is 24.3 Å². The van der Waals surface area contributed by atoms with E-state index < -0.39 is 16.9 Å². The first-order valence-corrected chi connectivity index (χ1v) is 6.28. The number of nitrogens with one attached hydrogen (secondary N) is 1. The van der Waals surface area contributed by atoms with Gasteiger partial charge in [-0.1, -0.05) is 24.3 Å². The molecule has 2 atom stereocenters. The van der Waals surface area contributed by atoms with E-state index in [2.05, 4.69) is 5.48 Å². The molecule has 2 aliphatic rings. The fourth-order valence-corrected chi connectivity index (χ4v) is 3.90. The van der Waals surface area contributed by atoms with E-state index in [1.165, 1.54) is 0 Å². The van der Waals surface area contributed by atoms with Crippen molar-refractivity contribution in [3.05, 3.63) is 35.4 Å². The van der Waals surface area contributed by atoms with Crippen LogP contribution in [0, 0.1) is 5.41 Å². The van der Waals surface area contributed by atoms with E-state index in [-0.39, 0.29) is 0 Å². The van der Waals surface area contributed by atoms with Crippen LogP contribution in [0.3, 0.4) is 0 Å². The molecule has 1 saturated carbocycles. The molecule has 0 heterocycles. The average Bonchev–Trinajstić information content (AvgIpc) is 2.82. The summed E-state index contributed by atoms with van der Waals surface area (Å²) in [5.74, 6) is -0.722. The molecule has 2 N–H and O–H groups in total. The second-order valence-corrected chi connectivity index (χ2v) is 5.29. The van der Waals surface area contributed by atoms with Crippen LogP contribution in [0.2, 0.25) is 0 Å². The topological polar surface area (TPSA) is 58.6 Å². The number of hydrogen-bond donors (Lipinski definition) is 2. The first-order valence-electron chi connectivity index (χ1n) is 6.28. The highest BCUT2D eigenvalue weighted by Crippen LogP contribution is 2.60. The van der Waals surface area contributed by atoms with Gasteiger partial charge in [-0.25, -0.2) is 0 Å². The maximum absolute atomic E-state index is 11.9. The van der Waals surface area contributed by atoms with Gasteiger partial charge in [0.1, 0.15) is 0 Å². The fraction of sp³-hybridized carbons (Fsp3) is 0.500. The Morgan fingerprint density at radius 1 is 1.39 bits per heavy atom. The molecule has 1 fully saturated rings. The van der Waals surface area contributed by atoms with Crippen LogP contribution in [0.4, 0.5) is 0 Å². The zero-order chi connectivity index (χ0) is 12.8. The molecule has 18 heavy (non-hydrogen) atoms. The summed E-state index contributed by atoms with van der Waals surface area (Å²) >= 11 is 0. The van der Waals surface area contributed by atoms with E-state index in [9.17, 15) is 9.90 Å². The number of fused-ring (bicyclic) bond motifs is 3. The SMILES string of the molecule is CON[C@]12CCC[C@@]1(C(=O)O)Cc1ccccc12. The third kappa shape index (κ3) is 1.19. The number of carboxylic acid groups (broad SMARTS) is 1. The first kappa shape index (κ1) is 11.7. The monoisotopic (exact) mass is 247 g/mol. The molecule has 2 aliphatic carbocycles. The van der Waals surface area contributed by atoms with Gasteiger partial charge < -0.3 is 9.94 Å². The molecule has 1 aromatic carbocycles. The van der Waals surface area contributed by atoms with E-state index in [0.717, 1.165) is 24.0 Å². The van der Waals surface area contributed by atoms with Crippen molar-refractivity contribution in [2.75, 3.05) is 7.11 Å². The van der Waals surface area contributed by atoms with Gasteiger partial charge in [0.05, 0.1) is 18.1 Å². The van der Waals surface area contributed by atoms with Gasteiger partial charge in [0.15, 0.2) is 0 Å². The van der Waals surface area contributed by atoms with Gasteiger partial charge in [0.25, 0.3) is 0 Å². The van der Waals surface area contributed by atoms with Crippen LogP contribution in [0.1, 0.15) is 30.4 Å². The molecular weight excluding hydrogens is 230 g/mol. The zero-order valence-electron chi connectivity index (χ0n) is 10.4. The van der Waals surface area contributed by atoms with E-state index in [0.29, 0.717) is 12.8 Å². The van der Waals surface area contributed by atoms with E-state index >= 15 is 0 Å². The molecular formula is C14H17NO3. The van der Waals surface area contributed by atoms with Crippen molar-refractivity contribution < 1.29 is 14.7 Å². The van der Waals surface area contributed by atoms with E-state index in [4.69, 9.17) is 4.84 Å². The number of carbonyl (C=O) groups is 1. The molecule has 1 aromatic rings. The Kier molecular flexibility index (Phi) is 2.47. The Labute approximate surface area is 106 Å². The van der Waals surface area contributed by atoms with Crippen LogP contribution < -0.4 is 5.48 Å². The Bertz CT molecular complexity index is 502. The van der Waals surface area contributed by atoms with Crippen LogP contribution in [-0.2, 0) is 21.6 Å². The largest absolute Gasteiger partial charge is 0.481 e. The lowest BCUT2D eigenvalue weighted by molar-refractivity contribution is -0.157.